The van der Waals surface area contributed by atoms with E-state index in [0.717, 1.165) is 6.42 Å². The molecule has 0 saturated heterocycles. The molecular weight excluding hydrogens is 234 g/mol. The molecule has 18 heavy (non-hydrogen) atoms. The molecule has 1 unspecified atom stereocenters. The molecule has 0 aliphatic carbocycles. The van der Waals surface area contributed by atoms with Gasteiger partial charge in [0.25, 0.3) is 0 Å². The summed E-state index contributed by atoms with van der Waals surface area (Å²) in [5, 5.41) is 9.27. The molecule has 0 aliphatic heterocycles. The lowest BCUT2D eigenvalue weighted by molar-refractivity contribution is -0.144. The monoisotopic (exact) mass is 259 g/mol. The van der Waals surface area contributed by atoms with Gasteiger partial charge >= 0.3 is 5.97 Å². The molecule has 1 N–H and O–H groups in total. The van der Waals surface area contributed by atoms with E-state index >= 15 is 0 Å². The first kappa shape index (κ1) is 16.9. The third-order valence-electron chi connectivity index (χ3n) is 2.77. The Morgan fingerprint density at radius 3 is 2.33 bits per heavy atom. The maximum Gasteiger partial charge on any atom is 0.307 e. The van der Waals surface area contributed by atoms with Gasteiger partial charge in [-0.25, -0.2) is 0 Å². The summed E-state index contributed by atoms with van der Waals surface area (Å²) >= 11 is 0. The fourth-order valence-corrected chi connectivity index (χ4v) is 1.76. The number of carbonyl (C=O) groups excluding carboxylic acids is 2. The molecular formula is C13H25NO4. The van der Waals surface area contributed by atoms with Crippen LogP contribution in [-0.2, 0) is 14.3 Å². The number of rotatable bonds is 9. The van der Waals surface area contributed by atoms with Crippen molar-refractivity contribution in [3.8, 4) is 0 Å². The van der Waals surface area contributed by atoms with Crippen molar-refractivity contribution in [2.24, 2.45) is 0 Å². The normalized spacial score (nSPS) is 12.0. The Kier molecular flexibility index (Phi) is 9.28. The zero-order valence-corrected chi connectivity index (χ0v) is 11.6. The van der Waals surface area contributed by atoms with E-state index in [1.54, 1.807) is 11.8 Å². The molecule has 5 heteroatoms. The molecule has 0 saturated carbocycles. The third-order valence-corrected chi connectivity index (χ3v) is 2.77. The molecule has 1 amide bonds. The van der Waals surface area contributed by atoms with Crippen LogP contribution in [0.4, 0.5) is 0 Å². The van der Waals surface area contributed by atoms with Crippen LogP contribution in [0.1, 0.15) is 46.5 Å². The molecule has 106 valence electrons. The Hall–Kier alpha value is -1.10. The van der Waals surface area contributed by atoms with Crippen molar-refractivity contribution >= 4 is 11.9 Å². The minimum atomic E-state index is -0.306. The average Bonchev–Trinajstić information content (AvgIpc) is 2.35. The van der Waals surface area contributed by atoms with Crippen LogP contribution < -0.4 is 0 Å². The van der Waals surface area contributed by atoms with Crippen LogP contribution in [0.3, 0.4) is 0 Å². The number of carbonyl (C=O) groups is 2. The molecule has 0 fully saturated rings. The summed E-state index contributed by atoms with van der Waals surface area (Å²) in [6, 6.07) is -0.210. The van der Waals surface area contributed by atoms with Crippen molar-refractivity contribution in [2.45, 2.75) is 52.5 Å². The number of hydrogen-bond acceptors (Lipinski definition) is 4. The second-order valence-electron chi connectivity index (χ2n) is 4.14. The third kappa shape index (κ3) is 6.00. The van der Waals surface area contributed by atoms with E-state index in [1.807, 2.05) is 13.8 Å². The Balaban J connectivity index is 4.46. The molecule has 0 heterocycles. The number of hydrogen-bond donors (Lipinski definition) is 1. The fraction of sp³-hybridized carbons (Fsp3) is 0.846. The van der Waals surface area contributed by atoms with E-state index in [1.165, 1.54) is 0 Å². The van der Waals surface area contributed by atoms with Gasteiger partial charge in [0.2, 0.25) is 5.91 Å². The van der Waals surface area contributed by atoms with Crippen LogP contribution in [-0.4, -0.2) is 47.7 Å². The van der Waals surface area contributed by atoms with Crippen LogP contribution in [0.5, 0.6) is 0 Å². The van der Waals surface area contributed by atoms with Gasteiger partial charge in [-0.3, -0.25) is 9.59 Å². The quantitative estimate of drug-likeness (QED) is 0.634. The minimum absolute atomic E-state index is 0.0114. The molecule has 0 radical (unpaired) electrons. The van der Waals surface area contributed by atoms with Crippen molar-refractivity contribution < 1.29 is 19.4 Å². The Labute approximate surface area is 109 Å². The van der Waals surface area contributed by atoms with Crippen molar-refractivity contribution in [2.75, 3.05) is 19.8 Å². The first-order chi connectivity index (χ1) is 8.60. The maximum absolute atomic E-state index is 11.9. The number of aliphatic hydroxyl groups is 1. The standard InChI is InChI=1S/C13H25NO4/c1-4-7-12(16)14(11(5-2)10-15)9-8-13(17)18-6-3/h11,15H,4-10H2,1-3H3. The van der Waals surface area contributed by atoms with Gasteiger partial charge < -0.3 is 14.7 Å². The van der Waals surface area contributed by atoms with Crippen LogP contribution >= 0.6 is 0 Å². The summed E-state index contributed by atoms with van der Waals surface area (Å²) in [7, 11) is 0. The van der Waals surface area contributed by atoms with Gasteiger partial charge in [0.1, 0.15) is 0 Å². The molecule has 0 aromatic heterocycles. The van der Waals surface area contributed by atoms with E-state index in [-0.39, 0.29) is 30.9 Å². The molecule has 0 aliphatic rings. The number of aliphatic hydroxyl groups excluding tert-OH is 1. The largest absolute Gasteiger partial charge is 0.466 e. The van der Waals surface area contributed by atoms with Crippen LogP contribution in [0.15, 0.2) is 0 Å². The molecule has 5 nitrogen and oxygen atoms in total. The maximum atomic E-state index is 11.9. The second-order valence-corrected chi connectivity index (χ2v) is 4.14. The average molecular weight is 259 g/mol. The van der Waals surface area contributed by atoms with Gasteiger partial charge in [-0.1, -0.05) is 13.8 Å². The van der Waals surface area contributed by atoms with Gasteiger partial charge in [-0.05, 0) is 19.8 Å². The predicted molar refractivity (Wildman–Crippen MR) is 69.0 cm³/mol. The summed E-state index contributed by atoms with van der Waals surface area (Å²) in [6.45, 7) is 6.18. The molecule has 0 spiro atoms. The zero-order valence-electron chi connectivity index (χ0n) is 11.6. The topological polar surface area (TPSA) is 66.8 Å². The zero-order chi connectivity index (χ0) is 14.0. The molecule has 1 atom stereocenters. The molecule has 0 rings (SSSR count). The van der Waals surface area contributed by atoms with E-state index in [2.05, 4.69) is 0 Å². The lowest BCUT2D eigenvalue weighted by atomic mass is 10.1. The van der Waals surface area contributed by atoms with Gasteiger partial charge in [0.15, 0.2) is 0 Å². The van der Waals surface area contributed by atoms with Gasteiger partial charge in [-0.2, -0.15) is 0 Å². The minimum Gasteiger partial charge on any atom is -0.466 e. The molecule has 0 aromatic carbocycles. The number of amides is 1. The summed E-state index contributed by atoms with van der Waals surface area (Å²) in [4.78, 5) is 24.8. The first-order valence-corrected chi connectivity index (χ1v) is 6.66. The van der Waals surface area contributed by atoms with E-state index in [0.29, 0.717) is 26.0 Å². The van der Waals surface area contributed by atoms with Gasteiger partial charge in [-0.15, -0.1) is 0 Å². The van der Waals surface area contributed by atoms with Crippen molar-refractivity contribution in [3.63, 3.8) is 0 Å². The van der Waals surface area contributed by atoms with Gasteiger partial charge in [0, 0.05) is 13.0 Å². The van der Waals surface area contributed by atoms with Crippen LogP contribution in [0.2, 0.25) is 0 Å². The highest BCUT2D eigenvalue weighted by Crippen LogP contribution is 2.09. The highest BCUT2D eigenvalue weighted by molar-refractivity contribution is 5.77. The van der Waals surface area contributed by atoms with Crippen LogP contribution in [0, 0.1) is 0 Å². The van der Waals surface area contributed by atoms with Crippen molar-refractivity contribution in [1.29, 1.82) is 0 Å². The van der Waals surface area contributed by atoms with Crippen molar-refractivity contribution in [3.05, 3.63) is 0 Å². The van der Waals surface area contributed by atoms with E-state index in [9.17, 15) is 14.7 Å². The Bertz CT molecular complexity index is 251. The van der Waals surface area contributed by atoms with E-state index < -0.39 is 0 Å². The fourth-order valence-electron chi connectivity index (χ4n) is 1.76. The highest BCUT2D eigenvalue weighted by atomic mass is 16.5. The smallest absolute Gasteiger partial charge is 0.307 e. The van der Waals surface area contributed by atoms with Gasteiger partial charge in [0.05, 0.1) is 25.7 Å². The summed E-state index contributed by atoms with van der Waals surface area (Å²) in [5.74, 6) is -0.317. The molecule has 0 bridgehead atoms. The lowest BCUT2D eigenvalue weighted by Crippen LogP contribution is -2.43. The lowest BCUT2D eigenvalue weighted by Gasteiger charge is -2.29. The van der Waals surface area contributed by atoms with E-state index in [4.69, 9.17) is 4.74 Å². The number of esters is 1. The Morgan fingerprint density at radius 1 is 1.22 bits per heavy atom. The predicted octanol–water partition coefficient (Wildman–Crippen LogP) is 1.34. The molecule has 0 aromatic rings. The van der Waals surface area contributed by atoms with Crippen molar-refractivity contribution in [1.82, 2.24) is 4.90 Å². The SMILES string of the molecule is CCCC(=O)N(CCC(=O)OCC)C(CC)CO. The summed E-state index contributed by atoms with van der Waals surface area (Å²) in [6.07, 6.45) is 2.06. The summed E-state index contributed by atoms with van der Waals surface area (Å²) < 4.78 is 4.84. The highest BCUT2D eigenvalue weighted by Gasteiger charge is 2.21. The number of nitrogens with zero attached hydrogens (tertiary/aromatic N) is 1. The Morgan fingerprint density at radius 2 is 1.89 bits per heavy atom. The van der Waals surface area contributed by atoms with Crippen LogP contribution in [0.25, 0.3) is 0 Å². The summed E-state index contributed by atoms with van der Waals surface area (Å²) in [5.41, 5.74) is 0. The first-order valence-electron chi connectivity index (χ1n) is 6.66. The second kappa shape index (κ2) is 9.88. The number of ether oxygens (including phenoxy) is 1.